The number of likely N-dealkylation sites (tertiary alicyclic amines) is 1. The molecule has 3 aliphatic heterocycles. The summed E-state index contributed by atoms with van der Waals surface area (Å²) < 4.78 is 6.13. The Balaban J connectivity index is 1.73. The second-order valence-electron chi connectivity index (χ2n) is 7.13. The first kappa shape index (κ1) is 14.5. The summed E-state index contributed by atoms with van der Waals surface area (Å²) in [6, 6.07) is 9.72. The normalized spacial score (nSPS) is 40.7. The monoisotopic (exact) mass is 313 g/mol. The SMILES string of the molecule is C[C@@]12C=C[C@]3(CN(Cc4ccccc4)C(=O)[C@]3(C)[C@@H]1C(=O)O)O2. The minimum absolute atomic E-state index is 0.137. The van der Waals surface area contributed by atoms with Gasteiger partial charge in [-0.3, -0.25) is 9.59 Å². The molecule has 5 nitrogen and oxygen atoms in total. The third kappa shape index (κ3) is 1.60. The van der Waals surface area contributed by atoms with Crippen molar-refractivity contribution in [3.63, 3.8) is 0 Å². The maximum atomic E-state index is 13.1. The number of aliphatic carboxylic acids is 1. The smallest absolute Gasteiger partial charge is 0.310 e. The molecule has 23 heavy (non-hydrogen) atoms. The molecule has 1 aromatic rings. The summed E-state index contributed by atoms with van der Waals surface area (Å²) in [4.78, 5) is 26.7. The van der Waals surface area contributed by atoms with Gasteiger partial charge in [-0.2, -0.15) is 0 Å². The van der Waals surface area contributed by atoms with E-state index in [-0.39, 0.29) is 5.91 Å². The predicted octanol–water partition coefficient (Wildman–Crippen LogP) is 1.83. The van der Waals surface area contributed by atoms with Crippen LogP contribution < -0.4 is 0 Å². The van der Waals surface area contributed by atoms with Crippen LogP contribution in [0.25, 0.3) is 0 Å². The van der Waals surface area contributed by atoms with E-state index in [0.29, 0.717) is 13.1 Å². The van der Waals surface area contributed by atoms with E-state index in [1.54, 1.807) is 18.7 Å². The highest BCUT2D eigenvalue weighted by molar-refractivity contribution is 5.94. The molecule has 0 unspecified atom stereocenters. The van der Waals surface area contributed by atoms with Crippen LogP contribution in [0.15, 0.2) is 42.5 Å². The van der Waals surface area contributed by atoms with Crippen molar-refractivity contribution in [2.75, 3.05) is 6.54 Å². The summed E-state index contributed by atoms with van der Waals surface area (Å²) in [5, 5.41) is 9.72. The van der Waals surface area contributed by atoms with Gasteiger partial charge in [0.1, 0.15) is 11.5 Å². The number of nitrogens with zero attached hydrogens (tertiary/aromatic N) is 1. The van der Waals surface area contributed by atoms with Gasteiger partial charge >= 0.3 is 5.97 Å². The average Bonchev–Trinajstić information content (AvgIpc) is 3.00. The minimum Gasteiger partial charge on any atom is -0.481 e. The Morgan fingerprint density at radius 3 is 2.65 bits per heavy atom. The van der Waals surface area contributed by atoms with Crippen LogP contribution in [0.2, 0.25) is 0 Å². The Morgan fingerprint density at radius 1 is 1.30 bits per heavy atom. The first-order valence-corrected chi connectivity index (χ1v) is 7.79. The summed E-state index contributed by atoms with van der Waals surface area (Å²) in [6.07, 6.45) is 3.71. The zero-order valence-electron chi connectivity index (χ0n) is 13.2. The largest absolute Gasteiger partial charge is 0.481 e. The predicted molar refractivity (Wildman–Crippen MR) is 82.5 cm³/mol. The van der Waals surface area contributed by atoms with Gasteiger partial charge in [-0.15, -0.1) is 0 Å². The van der Waals surface area contributed by atoms with E-state index in [2.05, 4.69) is 0 Å². The number of rotatable bonds is 3. The maximum absolute atomic E-state index is 13.1. The summed E-state index contributed by atoms with van der Waals surface area (Å²) in [5.74, 6) is -1.98. The molecule has 1 aromatic carbocycles. The maximum Gasteiger partial charge on any atom is 0.310 e. The molecule has 2 bridgehead atoms. The summed E-state index contributed by atoms with van der Waals surface area (Å²) in [5.41, 5.74) is -1.78. The van der Waals surface area contributed by atoms with E-state index in [1.807, 2.05) is 42.5 Å². The number of amides is 1. The van der Waals surface area contributed by atoms with Gasteiger partial charge in [0, 0.05) is 6.54 Å². The molecule has 4 rings (SSSR count). The zero-order valence-corrected chi connectivity index (χ0v) is 13.2. The highest BCUT2D eigenvalue weighted by atomic mass is 16.5. The molecule has 2 saturated heterocycles. The van der Waals surface area contributed by atoms with Crippen molar-refractivity contribution < 1.29 is 19.4 Å². The molecule has 3 heterocycles. The Labute approximate surface area is 134 Å². The van der Waals surface area contributed by atoms with Crippen LogP contribution >= 0.6 is 0 Å². The Hall–Kier alpha value is -2.14. The number of benzene rings is 1. The Morgan fingerprint density at radius 2 is 2.00 bits per heavy atom. The lowest BCUT2D eigenvalue weighted by Gasteiger charge is -2.34. The van der Waals surface area contributed by atoms with Gasteiger partial charge in [-0.05, 0) is 19.4 Å². The second-order valence-corrected chi connectivity index (χ2v) is 7.13. The molecule has 0 aliphatic carbocycles. The van der Waals surface area contributed by atoms with Crippen molar-refractivity contribution >= 4 is 11.9 Å². The van der Waals surface area contributed by atoms with Crippen molar-refractivity contribution in [2.45, 2.75) is 31.6 Å². The van der Waals surface area contributed by atoms with Crippen molar-refractivity contribution in [2.24, 2.45) is 11.3 Å². The number of carbonyl (C=O) groups is 2. The van der Waals surface area contributed by atoms with Crippen molar-refractivity contribution in [3.05, 3.63) is 48.0 Å². The van der Waals surface area contributed by atoms with E-state index >= 15 is 0 Å². The number of fused-ring (bicyclic) bond motifs is 1. The van der Waals surface area contributed by atoms with Gasteiger partial charge in [0.2, 0.25) is 5.91 Å². The number of hydrogen-bond acceptors (Lipinski definition) is 3. The van der Waals surface area contributed by atoms with Crippen LogP contribution in [-0.2, 0) is 20.9 Å². The highest BCUT2D eigenvalue weighted by Gasteiger charge is 2.78. The summed E-state index contributed by atoms with van der Waals surface area (Å²) >= 11 is 0. The molecule has 0 radical (unpaired) electrons. The zero-order chi connectivity index (χ0) is 16.5. The lowest BCUT2D eigenvalue weighted by atomic mass is 9.61. The standard InChI is InChI=1S/C18H19NO4/c1-16-8-9-18(23-16)11-19(10-12-6-4-3-5-7-12)15(22)17(18,2)13(16)14(20)21/h3-9,13H,10-11H2,1-2H3,(H,20,21)/t13-,16-,17+,18-/m1/s1. The van der Waals surface area contributed by atoms with Crippen LogP contribution in [0.4, 0.5) is 0 Å². The number of ether oxygens (including phenoxy) is 1. The topological polar surface area (TPSA) is 66.8 Å². The Kier molecular flexibility index (Phi) is 2.66. The van der Waals surface area contributed by atoms with Crippen molar-refractivity contribution in [1.82, 2.24) is 4.90 Å². The van der Waals surface area contributed by atoms with Crippen LogP contribution in [0.1, 0.15) is 19.4 Å². The molecular formula is C18H19NO4. The summed E-state index contributed by atoms with van der Waals surface area (Å²) in [7, 11) is 0. The molecule has 3 aliphatic rings. The van der Waals surface area contributed by atoms with Crippen LogP contribution in [-0.4, -0.2) is 39.6 Å². The van der Waals surface area contributed by atoms with E-state index < -0.39 is 28.5 Å². The number of carboxylic acid groups (broad SMARTS) is 1. The molecular weight excluding hydrogens is 294 g/mol. The average molecular weight is 313 g/mol. The third-order valence-corrected chi connectivity index (χ3v) is 5.74. The lowest BCUT2D eigenvalue weighted by molar-refractivity contribution is -0.154. The molecule has 0 saturated carbocycles. The molecule has 1 amide bonds. The van der Waals surface area contributed by atoms with Crippen molar-refractivity contribution in [3.8, 4) is 0 Å². The quantitative estimate of drug-likeness (QED) is 0.865. The third-order valence-electron chi connectivity index (χ3n) is 5.74. The number of carbonyl (C=O) groups excluding carboxylic acids is 1. The van der Waals surface area contributed by atoms with Gasteiger partial charge in [0.25, 0.3) is 0 Å². The van der Waals surface area contributed by atoms with Gasteiger partial charge < -0.3 is 14.7 Å². The molecule has 1 spiro atoms. The van der Waals surface area contributed by atoms with Crippen LogP contribution in [0.3, 0.4) is 0 Å². The van der Waals surface area contributed by atoms with Gasteiger partial charge in [-0.1, -0.05) is 42.5 Å². The molecule has 5 heteroatoms. The van der Waals surface area contributed by atoms with Crippen molar-refractivity contribution in [1.29, 1.82) is 0 Å². The molecule has 0 aromatic heterocycles. The number of hydrogen-bond donors (Lipinski definition) is 1. The van der Waals surface area contributed by atoms with E-state index in [4.69, 9.17) is 4.74 Å². The van der Waals surface area contributed by atoms with Crippen LogP contribution in [0, 0.1) is 11.3 Å². The molecule has 1 N–H and O–H groups in total. The van der Waals surface area contributed by atoms with Gasteiger partial charge in [0.15, 0.2) is 0 Å². The minimum atomic E-state index is -1.06. The van der Waals surface area contributed by atoms with Gasteiger partial charge in [0.05, 0.1) is 17.6 Å². The molecule has 2 fully saturated rings. The lowest BCUT2D eigenvalue weighted by Crippen LogP contribution is -2.51. The van der Waals surface area contributed by atoms with E-state index in [1.165, 1.54) is 0 Å². The fourth-order valence-electron chi connectivity index (χ4n) is 4.67. The first-order valence-electron chi connectivity index (χ1n) is 7.79. The number of carboxylic acids is 1. The van der Waals surface area contributed by atoms with Crippen LogP contribution in [0.5, 0.6) is 0 Å². The highest BCUT2D eigenvalue weighted by Crippen LogP contribution is 2.64. The fourth-order valence-corrected chi connectivity index (χ4v) is 4.67. The van der Waals surface area contributed by atoms with E-state index in [0.717, 1.165) is 5.56 Å². The molecule has 120 valence electrons. The van der Waals surface area contributed by atoms with Gasteiger partial charge in [-0.25, -0.2) is 0 Å². The van der Waals surface area contributed by atoms with E-state index in [9.17, 15) is 14.7 Å². The second kappa shape index (κ2) is 4.23. The Bertz CT molecular complexity index is 730. The fraction of sp³-hybridized carbons (Fsp3) is 0.444. The first-order chi connectivity index (χ1) is 10.8. The molecule has 4 atom stereocenters. The summed E-state index contributed by atoms with van der Waals surface area (Å²) in [6.45, 7) is 4.37.